The van der Waals surface area contributed by atoms with Gasteiger partial charge in [-0.15, -0.1) is 0 Å². The van der Waals surface area contributed by atoms with Crippen LogP contribution in [0.3, 0.4) is 0 Å². The highest BCUT2D eigenvalue weighted by atomic mass is 32.2. The minimum absolute atomic E-state index is 0.222. The van der Waals surface area contributed by atoms with Crippen molar-refractivity contribution >= 4 is 17.6 Å². The van der Waals surface area contributed by atoms with Gasteiger partial charge in [0.05, 0.1) is 0 Å². The van der Waals surface area contributed by atoms with Gasteiger partial charge in [-0.2, -0.15) is 11.8 Å². The van der Waals surface area contributed by atoms with Crippen LogP contribution in [0.4, 0.5) is 0 Å². The first-order valence-corrected chi connectivity index (χ1v) is 4.19. The molecular weight excluding hydrogens is 136 g/mol. The van der Waals surface area contributed by atoms with Gasteiger partial charge in [-0.3, -0.25) is 0 Å². The fourth-order valence-corrected chi connectivity index (χ4v) is 1.28. The second-order valence-electron chi connectivity index (χ2n) is 1.97. The maximum Gasteiger partial charge on any atom is 0.143 e. The standard InChI is InChI=1S/C5H10N2OS/c1-9-3-4-2-5(6)7-8-4/h4H,2-3H2,1H3,(H2,6,7). The molecule has 9 heavy (non-hydrogen) atoms. The Morgan fingerprint density at radius 2 is 2.78 bits per heavy atom. The Morgan fingerprint density at radius 3 is 3.22 bits per heavy atom. The van der Waals surface area contributed by atoms with Crippen LogP contribution >= 0.6 is 11.8 Å². The van der Waals surface area contributed by atoms with E-state index in [1.165, 1.54) is 0 Å². The summed E-state index contributed by atoms with van der Waals surface area (Å²) < 4.78 is 0. The monoisotopic (exact) mass is 146 g/mol. The molecule has 0 radical (unpaired) electrons. The van der Waals surface area contributed by atoms with E-state index in [0.29, 0.717) is 5.84 Å². The van der Waals surface area contributed by atoms with Crippen LogP contribution in [0, 0.1) is 0 Å². The number of nitrogens with two attached hydrogens (primary N) is 1. The molecule has 0 aliphatic carbocycles. The van der Waals surface area contributed by atoms with E-state index >= 15 is 0 Å². The predicted molar refractivity (Wildman–Crippen MR) is 39.5 cm³/mol. The molecule has 1 rings (SSSR count). The van der Waals surface area contributed by atoms with E-state index < -0.39 is 0 Å². The van der Waals surface area contributed by atoms with Gasteiger partial charge in [0.15, 0.2) is 0 Å². The average molecular weight is 146 g/mol. The zero-order valence-corrected chi connectivity index (χ0v) is 6.15. The van der Waals surface area contributed by atoms with Crippen molar-refractivity contribution < 1.29 is 4.84 Å². The zero-order chi connectivity index (χ0) is 6.69. The molecule has 0 bridgehead atoms. The van der Waals surface area contributed by atoms with Crippen LogP contribution in [0.2, 0.25) is 0 Å². The van der Waals surface area contributed by atoms with Crippen molar-refractivity contribution in [1.82, 2.24) is 0 Å². The first kappa shape index (κ1) is 6.74. The van der Waals surface area contributed by atoms with Crippen molar-refractivity contribution in [3.05, 3.63) is 0 Å². The van der Waals surface area contributed by atoms with Crippen molar-refractivity contribution in [3.63, 3.8) is 0 Å². The van der Waals surface area contributed by atoms with Crippen LogP contribution in [-0.4, -0.2) is 23.9 Å². The molecule has 0 amide bonds. The SMILES string of the molecule is CSCC1CC(N)=NO1. The average Bonchev–Trinajstić information content (AvgIpc) is 2.17. The fraction of sp³-hybridized carbons (Fsp3) is 0.800. The van der Waals surface area contributed by atoms with Crippen molar-refractivity contribution in [2.75, 3.05) is 12.0 Å². The molecular formula is C5H10N2OS. The number of amidine groups is 1. The molecule has 4 heteroatoms. The van der Waals surface area contributed by atoms with E-state index in [-0.39, 0.29) is 6.10 Å². The Bertz CT molecular complexity index is 126. The number of thioether (sulfide) groups is 1. The number of oxime groups is 1. The first-order valence-electron chi connectivity index (χ1n) is 2.80. The van der Waals surface area contributed by atoms with E-state index in [0.717, 1.165) is 12.2 Å². The smallest absolute Gasteiger partial charge is 0.143 e. The van der Waals surface area contributed by atoms with Gasteiger partial charge in [-0.1, -0.05) is 5.16 Å². The van der Waals surface area contributed by atoms with Gasteiger partial charge >= 0.3 is 0 Å². The number of hydrogen-bond donors (Lipinski definition) is 1. The summed E-state index contributed by atoms with van der Waals surface area (Å²) in [6, 6.07) is 0. The normalized spacial score (nSPS) is 25.4. The summed E-state index contributed by atoms with van der Waals surface area (Å²) in [5, 5.41) is 3.62. The van der Waals surface area contributed by atoms with Gasteiger partial charge in [0, 0.05) is 12.2 Å². The van der Waals surface area contributed by atoms with E-state index in [1.54, 1.807) is 11.8 Å². The third kappa shape index (κ3) is 1.78. The highest BCUT2D eigenvalue weighted by Crippen LogP contribution is 2.11. The molecule has 0 saturated heterocycles. The first-order chi connectivity index (χ1) is 4.33. The molecule has 0 saturated carbocycles. The summed E-state index contributed by atoms with van der Waals surface area (Å²) in [4.78, 5) is 4.95. The van der Waals surface area contributed by atoms with Gasteiger partial charge in [0.1, 0.15) is 11.9 Å². The van der Waals surface area contributed by atoms with Crippen LogP contribution < -0.4 is 5.73 Å². The molecule has 1 unspecified atom stereocenters. The quantitative estimate of drug-likeness (QED) is 0.614. The third-order valence-corrected chi connectivity index (χ3v) is 1.81. The second-order valence-corrected chi connectivity index (χ2v) is 2.88. The van der Waals surface area contributed by atoms with Gasteiger partial charge in [0.2, 0.25) is 0 Å². The minimum Gasteiger partial charge on any atom is -0.390 e. The second kappa shape index (κ2) is 2.96. The number of rotatable bonds is 2. The topological polar surface area (TPSA) is 47.6 Å². The highest BCUT2D eigenvalue weighted by molar-refractivity contribution is 7.98. The number of nitrogens with zero attached hydrogens (tertiary/aromatic N) is 1. The van der Waals surface area contributed by atoms with E-state index in [9.17, 15) is 0 Å². The lowest BCUT2D eigenvalue weighted by molar-refractivity contribution is 0.103. The van der Waals surface area contributed by atoms with Crippen LogP contribution in [0.25, 0.3) is 0 Å². The predicted octanol–water partition coefficient (Wildman–Crippen LogP) is 0.410. The van der Waals surface area contributed by atoms with Gasteiger partial charge < -0.3 is 10.6 Å². The lowest BCUT2D eigenvalue weighted by Crippen LogP contribution is -2.15. The Hall–Kier alpha value is -0.380. The van der Waals surface area contributed by atoms with Crippen LogP contribution in [0.5, 0.6) is 0 Å². The lowest BCUT2D eigenvalue weighted by atomic mass is 10.3. The van der Waals surface area contributed by atoms with Crippen LogP contribution in [-0.2, 0) is 4.84 Å². The molecule has 1 atom stereocenters. The Morgan fingerprint density at radius 1 is 2.00 bits per heavy atom. The zero-order valence-electron chi connectivity index (χ0n) is 5.33. The number of hydrogen-bond acceptors (Lipinski definition) is 4. The molecule has 0 spiro atoms. The largest absolute Gasteiger partial charge is 0.390 e. The Balaban J connectivity index is 2.21. The molecule has 0 aromatic carbocycles. The maximum absolute atomic E-state index is 5.37. The Kier molecular flexibility index (Phi) is 2.22. The molecule has 0 fully saturated rings. The summed E-state index contributed by atoms with van der Waals surface area (Å²) in [6.45, 7) is 0. The third-order valence-electron chi connectivity index (χ3n) is 1.11. The lowest BCUT2D eigenvalue weighted by Gasteiger charge is -2.02. The molecule has 1 heterocycles. The van der Waals surface area contributed by atoms with E-state index in [1.807, 2.05) is 6.26 Å². The van der Waals surface area contributed by atoms with Crippen molar-refractivity contribution in [2.24, 2.45) is 10.9 Å². The molecule has 2 N–H and O–H groups in total. The summed E-state index contributed by atoms with van der Waals surface area (Å²) >= 11 is 1.75. The summed E-state index contributed by atoms with van der Waals surface area (Å²) in [5.74, 6) is 1.60. The van der Waals surface area contributed by atoms with Crippen molar-refractivity contribution in [2.45, 2.75) is 12.5 Å². The molecule has 0 aromatic heterocycles. The Labute approximate surface area is 58.6 Å². The molecule has 0 aromatic rings. The van der Waals surface area contributed by atoms with E-state index in [4.69, 9.17) is 10.6 Å². The molecule has 1 aliphatic rings. The van der Waals surface area contributed by atoms with E-state index in [2.05, 4.69) is 5.16 Å². The van der Waals surface area contributed by atoms with Gasteiger partial charge in [-0.25, -0.2) is 0 Å². The van der Waals surface area contributed by atoms with Crippen LogP contribution in [0.15, 0.2) is 5.16 Å². The summed E-state index contributed by atoms with van der Waals surface area (Å²) in [7, 11) is 0. The molecule has 1 aliphatic heterocycles. The summed E-state index contributed by atoms with van der Waals surface area (Å²) in [6.07, 6.45) is 3.05. The molecule has 52 valence electrons. The minimum atomic E-state index is 0.222. The highest BCUT2D eigenvalue weighted by Gasteiger charge is 2.17. The maximum atomic E-state index is 5.37. The van der Waals surface area contributed by atoms with Crippen LogP contribution in [0.1, 0.15) is 6.42 Å². The van der Waals surface area contributed by atoms with Crippen molar-refractivity contribution in [1.29, 1.82) is 0 Å². The molecule has 3 nitrogen and oxygen atoms in total. The van der Waals surface area contributed by atoms with Gasteiger partial charge in [-0.05, 0) is 6.26 Å². The van der Waals surface area contributed by atoms with Gasteiger partial charge in [0.25, 0.3) is 0 Å². The fourth-order valence-electron chi connectivity index (χ4n) is 0.725. The van der Waals surface area contributed by atoms with Crippen molar-refractivity contribution in [3.8, 4) is 0 Å². The summed E-state index contributed by atoms with van der Waals surface area (Å²) in [5.41, 5.74) is 5.37.